The molecule has 7 heteroatoms. The number of aromatic amines is 1. The van der Waals surface area contributed by atoms with Crippen LogP contribution in [0.1, 0.15) is 64.6 Å². The van der Waals surface area contributed by atoms with E-state index < -0.39 is 0 Å². The Balaban J connectivity index is 1.66. The van der Waals surface area contributed by atoms with E-state index in [1.807, 2.05) is 6.92 Å². The molecule has 4 fully saturated rings. The minimum atomic E-state index is -0.300. The molecule has 0 amide bonds. The van der Waals surface area contributed by atoms with Gasteiger partial charge in [-0.1, -0.05) is 20.3 Å². The van der Waals surface area contributed by atoms with Crippen molar-refractivity contribution in [3.63, 3.8) is 0 Å². The summed E-state index contributed by atoms with van der Waals surface area (Å²) in [7, 11) is 0. The van der Waals surface area contributed by atoms with Gasteiger partial charge in [0.25, 0.3) is 5.56 Å². The van der Waals surface area contributed by atoms with E-state index in [4.69, 9.17) is 4.98 Å². The number of aryl methyl sites for hydroxylation is 1. The molecule has 4 saturated carbocycles. The summed E-state index contributed by atoms with van der Waals surface area (Å²) in [5.41, 5.74) is 0.442. The quantitative estimate of drug-likeness (QED) is 0.746. The first kappa shape index (κ1) is 19.1. The highest BCUT2D eigenvalue weighted by molar-refractivity contribution is 5.70. The Hall–Kier alpha value is -1.89. The summed E-state index contributed by atoms with van der Waals surface area (Å²) in [5, 5.41) is 9.30. The summed E-state index contributed by atoms with van der Waals surface area (Å²) in [5.74, 6) is 3.89. The Labute approximate surface area is 170 Å². The van der Waals surface area contributed by atoms with Crippen molar-refractivity contribution in [1.82, 2.24) is 19.1 Å². The van der Waals surface area contributed by atoms with Crippen LogP contribution in [0.25, 0.3) is 11.2 Å². The Morgan fingerprint density at radius 3 is 2.48 bits per heavy atom. The lowest BCUT2D eigenvalue weighted by Crippen LogP contribution is -2.40. The van der Waals surface area contributed by atoms with Crippen molar-refractivity contribution in [2.75, 3.05) is 6.61 Å². The molecule has 0 aliphatic heterocycles. The van der Waals surface area contributed by atoms with Crippen LogP contribution in [0.3, 0.4) is 0 Å². The van der Waals surface area contributed by atoms with Crippen molar-refractivity contribution in [3.05, 3.63) is 26.7 Å². The van der Waals surface area contributed by atoms with Gasteiger partial charge in [0.2, 0.25) is 0 Å². The van der Waals surface area contributed by atoms with Crippen molar-refractivity contribution in [2.24, 2.45) is 23.7 Å². The van der Waals surface area contributed by atoms with Gasteiger partial charge in [-0.25, -0.2) is 9.78 Å². The van der Waals surface area contributed by atoms with Crippen LogP contribution < -0.4 is 11.2 Å². The zero-order chi connectivity index (χ0) is 20.3. The number of aliphatic hydroxyl groups excluding tert-OH is 1. The molecule has 4 aliphatic carbocycles. The van der Waals surface area contributed by atoms with Gasteiger partial charge in [0.05, 0.1) is 0 Å². The predicted octanol–water partition coefficient (Wildman–Crippen LogP) is 2.39. The highest BCUT2D eigenvalue weighted by atomic mass is 16.3. The summed E-state index contributed by atoms with van der Waals surface area (Å²) in [6.07, 6.45) is 7.02. The van der Waals surface area contributed by atoms with Gasteiger partial charge < -0.3 is 10.1 Å². The molecule has 2 aromatic heterocycles. The van der Waals surface area contributed by atoms with Crippen LogP contribution in [-0.4, -0.2) is 30.8 Å². The van der Waals surface area contributed by atoms with E-state index in [0.29, 0.717) is 36.6 Å². The largest absolute Gasteiger partial charge is 0.396 e. The van der Waals surface area contributed by atoms with E-state index in [-0.39, 0.29) is 23.3 Å². The summed E-state index contributed by atoms with van der Waals surface area (Å²) in [6.45, 7) is 5.26. The van der Waals surface area contributed by atoms with Crippen LogP contribution in [0.15, 0.2) is 9.59 Å². The standard InChI is InChI=1S/C22H32N4O3/c1-3-4-6-26-19(28)17-18(25(21(26)29)7-5-8-27)24-20(23-17)22-11-14-9-16(22)10-15(12-22)13(14)2/h13-16,27H,3-12H2,1-2H3,(H,23,24)/t13-,14-,15-,16-,22-/m1/s1. The zero-order valence-corrected chi connectivity index (χ0v) is 17.5. The number of hydrogen-bond acceptors (Lipinski definition) is 4. The number of unbranched alkanes of at least 4 members (excludes halogenated alkanes) is 1. The minimum Gasteiger partial charge on any atom is -0.396 e. The van der Waals surface area contributed by atoms with Crippen LogP contribution in [0.5, 0.6) is 0 Å². The van der Waals surface area contributed by atoms with E-state index in [1.54, 1.807) is 4.57 Å². The van der Waals surface area contributed by atoms with Gasteiger partial charge in [0.15, 0.2) is 5.65 Å². The molecule has 0 unspecified atom stereocenters. The number of hydrogen-bond donors (Lipinski definition) is 2. The zero-order valence-electron chi connectivity index (χ0n) is 17.5. The number of nitrogens with one attached hydrogen (secondary N) is 1. The van der Waals surface area contributed by atoms with E-state index >= 15 is 0 Å². The first-order valence-corrected chi connectivity index (χ1v) is 11.3. The van der Waals surface area contributed by atoms with Crippen molar-refractivity contribution < 1.29 is 5.11 Å². The fourth-order valence-corrected chi connectivity index (χ4v) is 6.72. The molecule has 6 rings (SSSR count). The van der Waals surface area contributed by atoms with Gasteiger partial charge in [-0.15, -0.1) is 0 Å². The normalized spacial score (nSPS) is 32.7. The second-order valence-electron chi connectivity index (χ2n) is 9.72. The topological polar surface area (TPSA) is 92.9 Å². The van der Waals surface area contributed by atoms with Crippen molar-refractivity contribution >= 4 is 11.2 Å². The maximum Gasteiger partial charge on any atom is 0.332 e. The molecular formula is C22H32N4O3. The van der Waals surface area contributed by atoms with Crippen molar-refractivity contribution in [2.45, 2.75) is 77.3 Å². The average Bonchev–Trinajstić information content (AvgIpc) is 3.35. The number of fused-ring (bicyclic) bond motifs is 1. The molecule has 0 radical (unpaired) electrons. The molecule has 2 N–H and O–H groups in total. The van der Waals surface area contributed by atoms with Gasteiger partial charge in [-0.3, -0.25) is 13.9 Å². The molecule has 4 bridgehead atoms. The molecule has 0 aromatic carbocycles. The predicted molar refractivity (Wildman–Crippen MR) is 111 cm³/mol. The number of H-pyrrole nitrogens is 1. The molecule has 4 aliphatic rings. The van der Waals surface area contributed by atoms with Gasteiger partial charge in [0.1, 0.15) is 11.3 Å². The lowest BCUT2D eigenvalue weighted by atomic mass is 9.70. The van der Waals surface area contributed by atoms with Crippen LogP contribution in [0.2, 0.25) is 0 Å². The molecule has 158 valence electrons. The minimum absolute atomic E-state index is 0.00651. The smallest absolute Gasteiger partial charge is 0.332 e. The molecule has 29 heavy (non-hydrogen) atoms. The van der Waals surface area contributed by atoms with E-state index in [2.05, 4.69) is 11.9 Å². The Morgan fingerprint density at radius 2 is 1.83 bits per heavy atom. The van der Waals surface area contributed by atoms with Gasteiger partial charge >= 0.3 is 5.69 Å². The third-order valence-electron chi connectivity index (χ3n) is 8.30. The third kappa shape index (κ3) is 2.62. The Morgan fingerprint density at radius 1 is 1.14 bits per heavy atom. The Kier molecular flexibility index (Phi) is 4.49. The second-order valence-corrected chi connectivity index (χ2v) is 9.72. The molecule has 2 heterocycles. The number of rotatable bonds is 7. The second kappa shape index (κ2) is 6.83. The third-order valence-corrected chi connectivity index (χ3v) is 8.30. The molecule has 0 saturated heterocycles. The van der Waals surface area contributed by atoms with Crippen LogP contribution in [-0.2, 0) is 18.5 Å². The first-order valence-electron chi connectivity index (χ1n) is 11.3. The summed E-state index contributed by atoms with van der Waals surface area (Å²) < 4.78 is 2.95. The lowest BCUT2D eigenvalue weighted by molar-refractivity contribution is 0.166. The number of imidazole rings is 1. The fraction of sp³-hybridized carbons (Fsp3) is 0.773. The lowest BCUT2D eigenvalue weighted by Gasteiger charge is -2.35. The fourth-order valence-electron chi connectivity index (χ4n) is 6.72. The summed E-state index contributed by atoms with van der Waals surface area (Å²) in [6, 6.07) is 0. The van der Waals surface area contributed by atoms with E-state index in [0.717, 1.165) is 49.3 Å². The van der Waals surface area contributed by atoms with E-state index in [1.165, 1.54) is 17.4 Å². The van der Waals surface area contributed by atoms with Crippen LogP contribution in [0, 0.1) is 23.7 Å². The molecule has 0 spiro atoms. The molecule has 7 nitrogen and oxygen atoms in total. The number of aromatic nitrogens is 4. The van der Waals surface area contributed by atoms with Gasteiger partial charge in [-0.05, 0) is 62.2 Å². The highest BCUT2D eigenvalue weighted by Gasteiger charge is 2.62. The molecule has 2 atom stereocenters. The monoisotopic (exact) mass is 400 g/mol. The van der Waals surface area contributed by atoms with E-state index in [9.17, 15) is 14.7 Å². The first-order chi connectivity index (χ1) is 14.0. The summed E-state index contributed by atoms with van der Waals surface area (Å²) >= 11 is 0. The SMILES string of the molecule is CCCCn1c(=O)c2[nH]c([C@]34C[C@H]5C[C@H]3C[C@H](C4)[C@H]5C)nc2n(CCCO)c1=O. The number of nitrogens with zero attached hydrogens (tertiary/aromatic N) is 3. The van der Waals surface area contributed by atoms with Crippen LogP contribution >= 0.6 is 0 Å². The maximum atomic E-state index is 13.2. The van der Waals surface area contributed by atoms with Gasteiger partial charge in [-0.2, -0.15) is 0 Å². The van der Waals surface area contributed by atoms with Crippen LogP contribution in [0.4, 0.5) is 0 Å². The number of aliphatic hydroxyl groups is 1. The molecule has 2 aromatic rings. The molecular weight excluding hydrogens is 368 g/mol. The average molecular weight is 401 g/mol. The summed E-state index contributed by atoms with van der Waals surface area (Å²) in [4.78, 5) is 34.6. The van der Waals surface area contributed by atoms with Gasteiger partial charge in [0, 0.05) is 25.1 Å². The highest BCUT2D eigenvalue weighted by Crippen LogP contribution is 2.67. The van der Waals surface area contributed by atoms with Crippen molar-refractivity contribution in [3.8, 4) is 0 Å². The maximum absolute atomic E-state index is 13.2. The Bertz CT molecular complexity index is 1030. The van der Waals surface area contributed by atoms with Crippen molar-refractivity contribution in [1.29, 1.82) is 0 Å².